The van der Waals surface area contributed by atoms with Crippen LogP contribution in [0, 0.1) is 5.92 Å². The molecule has 0 aromatic heterocycles. The average Bonchev–Trinajstić information content (AvgIpc) is 2.39. The molecule has 19 heavy (non-hydrogen) atoms. The van der Waals surface area contributed by atoms with Gasteiger partial charge in [-0.2, -0.15) is 0 Å². The molecule has 1 rings (SSSR count). The molecular formula is C15H22F2O2. The van der Waals surface area contributed by atoms with Crippen molar-refractivity contribution in [2.24, 2.45) is 5.92 Å². The molecule has 0 radical (unpaired) electrons. The molecule has 0 fully saturated rings. The molecule has 0 spiro atoms. The van der Waals surface area contributed by atoms with Gasteiger partial charge in [0.15, 0.2) is 0 Å². The smallest absolute Gasteiger partial charge is 0.244 e. The standard InChI is InChI=1S/C15H22F2O2/c1-4-10(3)19-12-8-6-11(7-9-12)14(18)13(5-2)15(16)17/h6-10,13-15,18H,4-5H2,1-3H3. The maximum atomic E-state index is 12.7. The van der Waals surface area contributed by atoms with Crippen LogP contribution in [0.25, 0.3) is 0 Å². The van der Waals surface area contributed by atoms with Crippen molar-refractivity contribution in [2.45, 2.75) is 52.2 Å². The third kappa shape index (κ3) is 4.46. The van der Waals surface area contributed by atoms with Crippen LogP contribution in [-0.4, -0.2) is 17.6 Å². The van der Waals surface area contributed by atoms with Crippen molar-refractivity contribution >= 4 is 0 Å². The second kappa shape index (κ2) is 7.43. The molecule has 0 amide bonds. The van der Waals surface area contributed by atoms with E-state index in [0.29, 0.717) is 11.3 Å². The van der Waals surface area contributed by atoms with Gasteiger partial charge in [-0.1, -0.05) is 26.0 Å². The minimum Gasteiger partial charge on any atom is -0.491 e. The van der Waals surface area contributed by atoms with Crippen LogP contribution in [0.5, 0.6) is 5.75 Å². The fraction of sp³-hybridized carbons (Fsp3) is 0.600. The number of aliphatic hydroxyl groups is 1. The van der Waals surface area contributed by atoms with Crippen LogP contribution in [0.15, 0.2) is 24.3 Å². The van der Waals surface area contributed by atoms with Crippen molar-refractivity contribution in [1.82, 2.24) is 0 Å². The summed E-state index contributed by atoms with van der Waals surface area (Å²) >= 11 is 0. The van der Waals surface area contributed by atoms with Crippen molar-refractivity contribution in [2.75, 3.05) is 0 Å². The van der Waals surface area contributed by atoms with Crippen LogP contribution < -0.4 is 4.74 Å². The zero-order chi connectivity index (χ0) is 14.4. The topological polar surface area (TPSA) is 29.5 Å². The second-order valence-corrected chi connectivity index (χ2v) is 4.76. The number of ether oxygens (including phenoxy) is 1. The number of alkyl halides is 2. The van der Waals surface area contributed by atoms with E-state index in [-0.39, 0.29) is 12.5 Å². The van der Waals surface area contributed by atoms with Crippen molar-refractivity contribution in [3.63, 3.8) is 0 Å². The van der Waals surface area contributed by atoms with Gasteiger partial charge < -0.3 is 9.84 Å². The number of hydrogen-bond acceptors (Lipinski definition) is 2. The van der Waals surface area contributed by atoms with E-state index >= 15 is 0 Å². The minimum absolute atomic E-state index is 0.111. The molecule has 1 N–H and O–H groups in total. The van der Waals surface area contributed by atoms with Gasteiger partial charge in [-0.25, -0.2) is 8.78 Å². The summed E-state index contributed by atoms with van der Waals surface area (Å²) in [6, 6.07) is 6.71. The first-order valence-corrected chi connectivity index (χ1v) is 6.72. The summed E-state index contributed by atoms with van der Waals surface area (Å²) in [5.74, 6) is -0.336. The first kappa shape index (κ1) is 15.9. The predicted molar refractivity (Wildman–Crippen MR) is 71.6 cm³/mol. The van der Waals surface area contributed by atoms with Crippen LogP contribution in [0.3, 0.4) is 0 Å². The summed E-state index contributed by atoms with van der Waals surface area (Å²) in [6.45, 7) is 5.64. The summed E-state index contributed by atoms with van der Waals surface area (Å²) in [4.78, 5) is 0. The van der Waals surface area contributed by atoms with Gasteiger partial charge in [-0.3, -0.25) is 0 Å². The van der Waals surface area contributed by atoms with Crippen LogP contribution in [0.2, 0.25) is 0 Å². The highest BCUT2D eigenvalue weighted by atomic mass is 19.3. The van der Waals surface area contributed by atoms with Crippen molar-refractivity contribution in [3.05, 3.63) is 29.8 Å². The van der Waals surface area contributed by atoms with E-state index in [4.69, 9.17) is 4.74 Å². The maximum absolute atomic E-state index is 12.7. The van der Waals surface area contributed by atoms with E-state index in [9.17, 15) is 13.9 Å². The van der Waals surface area contributed by atoms with Gasteiger partial charge in [-0.05, 0) is 37.5 Å². The Morgan fingerprint density at radius 1 is 1.11 bits per heavy atom. The van der Waals surface area contributed by atoms with E-state index < -0.39 is 18.4 Å². The molecule has 1 aromatic carbocycles. The molecule has 0 saturated carbocycles. The summed E-state index contributed by atoms with van der Waals surface area (Å²) < 4.78 is 31.1. The van der Waals surface area contributed by atoms with Gasteiger partial charge in [0.1, 0.15) is 5.75 Å². The highest BCUT2D eigenvalue weighted by molar-refractivity contribution is 5.29. The van der Waals surface area contributed by atoms with E-state index in [1.807, 2.05) is 13.8 Å². The van der Waals surface area contributed by atoms with Crippen molar-refractivity contribution < 1.29 is 18.6 Å². The number of hydrogen-bond donors (Lipinski definition) is 1. The lowest BCUT2D eigenvalue weighted by molar-refractivity contribution is -0.0110. The van der Waals surface area contributed by atoms with Gasteiger partial charge in [0.05, 0.1) is 12.2 Å². The molecule has 0 saturated heterocycles. The Labute approximate surface area is 113 Å². The lowest BCUT2D eigenvalue weighted by Gasteiger charge is -2.21. The highest BCUT2D eigenvalue weighted by Crippen LogP contribution is 2.30. The first-order chi connectivity index (χ1) is 8.99. The zero-order valence-corrected chi connectivity index (χ0v) is 11.6. The normalized spacial score (nSPS) is 16.2. The lowest BCUT2D eigenvalue weighted by Crippen LogP contribution is -2.19. The second-order valence-electron chi connectivity index (χ2n) is 4.76. The Kier molecular flexibility index (Phi) is 6.22. The van der Waals surface area contributed by atoms with E-state index in [1.54, 1.807) is 31.2 Å². The molecule has 0 aliphatic carbocycles. The Bertz CT molecular complexity index is 365. The summed E-state index contributed by atoms with van der Waals surface area (Å²) in [7, 11) is 0. The molecule has 1 aromatic rings. The number of halogens is 2. The first-order valence-electron chi connectivity index (χ1n) is 6.72. The summed E-state index contributed by atoms with van der Waals surface area (Å²) in [5, 5.41) is 9.95. The van der Waals surface area contributed by atoms with Crippen LogP contribution >= 0.6 is 0 Å². The molecule has 3 unspecified atom stereocenters. The maximum Gasteiger partial charge on any atom is 0.244 e. The van der Waals surface area contributed by atoms with Crippen molar-refractivity contribution in [3.8, 4) is 5.75 Å². The average molecular weight is 272 g/mol. The molecule has 0 aliphatic rings. The molecule has 0 bridgehead atoms. The van der Waals surface area contributed by atoms with Gasteiger partial charge >= 0.3 is 0 Å². The summed E-state index contributed by atoms with van der Waals surface area (Å²) in [5.41, 5.74) is 0.503. The van der Waals surface area contributed by atoms with E-state index in [2.05, 4.69) is 0 Å². The quantitative estimate of drug-likeness (QED) is 0.806. The van der Waals surface area contributed by atoms with E-state index in [1.165, 1.54) is 0 Å². The van der Waals surface area contributed by atoms with Gasteiger partial charge in [-0.15, -0.1) is 0 Å². The largest absolute Gasteiger partial charge is 0.491 e. The minimum atomic E-state index is -2.52. The van der Waals surface area contributed by atoms with Crippen LogP contribution in [0.1, 0.15) is 45.3 Å². The fourth-order valence-electron chi connectivity index (χ4n) is 1.85. The molecule has 3 atom stereocenters. The van der Waals surface area contributed by atoms with E-state index in [0.717, 1.165) is 6.42 Å². The highest BCUT2D eigenvalue weighted by Gasteiger charge is 2.27. The predicted octanol–water partition coefficient (Wildman–Crippen LogP) is 4.19. The molecule has 0 heterocycles. The third-order valence-electron chi connectivity index (χ3n) is 3.33. The Hall–Kier alpha value is -1.16. The number of benzene rings is 1. The zero-order valence-electron chi connectivity index (χ0n) is 11.6. The van der Waals surface area contributed by atoms with Gasteiger partial charge in [0, 0.05) is 5.92 Å². The monoisotopic (exact) mass is 272 g/mol. The number of aliphatic hydroxyl groups excluding tert-OH is 1. The molecular weight excluding hydrogens is 250 g/mol. The van der Waals surface area contributed by atoms with Crippen LogP contribution in [0.4, 0.5) is 8.78 Å². The Morgan fingerprint density at radius 2 is 1.68 bits per heavy atom. The Balaban J connectivity index is 2.75. The molecule has 0 aliphatic heterocycles. The van der Waals surface area contributed by atoms with Gasteiger partial charge in [0.2, 0.25) is 6.43 Å². The summed E-state index contributed by atoms with van der Waals surface area (Å²) in [6.07, 6.45) is -2.41. The third-order valence-corrected chi connectivity index (χ3v) is 3.33. The van der Waals surface area contributed by atoms with Crippen LogP contribution in [-0.2, 0) is 0 Å². The molecule has 108 valence electrons. The molecule has 4 heteroatoms. The lowest BCUT2D eigenvalue weighted by atomic mass is 9.94. The Morgan fingerprint density at radius 3 is 2.11 bits per heavy atom. The van der Waals surface area contributed by atoms with Crippen molar-refractivity contribution in [1.29, 1.82) is 0 Å². The SMILES string of the molecule is CCC(C)Oc1ccc(C(O)C(CC)C(F)F)cc1. The van der Waals surface area contributed by atoms with Gasteiger partial charge in [0.25, 0.3) is 0 Å². The molecule has 2 nitrogen and oxygen atoms in total. The number of rotatable bonds is 7. The fourth-order valence-corrected chi connectivity index (χ4v) is 1.85.